The molecular formula is C9H19FO3S. The van der Waals surface area contributed by atoms with Crippen molar-refractivity contribution in [2.24, 2.45) is 0 Å². The number of rotatable bonds is 8. The number of alkyl halides is 1. The molecule has 0 aromatic rings. The maximum Gasteiger partial charge on any atom is 0.264 e. The van der Waals surface area contributed by atoms with Crippen LogP contribution in [0.15, 0.2) is 0 Å². The highest BCUT2D eigenvalue weighted by Crippen LogP contribution is 2.09. The molecule has 0 aromatic carbocycles. The fourth-order valence-electron chi connectivity index (χ4n) is 1.07. The Labute approximate surface area is 85.8 Å². The van der Waals surface area contributed by atoms with Gasteiger partial charge in [-0.15, -0.1) is 0 Å². The van der Waals surface area contributed by atoms with Crippen LogP contribution in [0.1, 0.15) is 39.0 Å². The molecule has 0 aromatic heterocycles. The topological polar surface area (TPSA) is 43.4 Å². The van der Waals surface area contributed by atoms with Gasteiger partial charge >= 0.3 is 0 Å². The molecule has 0 heterocycles. The summed E-state index contributed by atoms with van der Waals surface area (Å²) in [6.45, 7) is 1.74. The first-order valence-corrected chi connectivity index (χ1v) is 6.76. The Kier molecular flexibility index (Phi) is 7.09. The highest BCUT2D eigenvalue weighted by atomic mass is 32.2. The van der Waals surface area contributed by atoms with Gasteiger partial charge < -0.3 is 0 Å². The van der Waals surface area contributed by atoms with Crippen molar-refractivity contribution in [3.05, 3.63) is 0 Å². The summed E-state index contributed by atoms with van der Waals surface area (Å²) in [5.74, 6) is 0. The van der Waals surface area contributed by atoms with Gasteiger partial charge in [0, 0.05) is 0 Å². The zero-order valence-corrected chi connectivity index (χ0v) is 9.65. The molecule has 1 unspecified atom stereocenters. The first-order chi connectivity index (χ1) is 6.45. The Morgan fingerprint density at radius 1 is 1.29 bits per heavy atom. The highest BCUT2D eigenvalue weighted by Gasteiger charge is 2.10. The lowest BCUT2D eigenvalue weighted by Crippen LogP contribution is -2.14. The largest absolute Gasteiger partial charge is 0.267 e. The maximum absolute atomic E-state index is 13.0. The van der Waals surface area contributed by atoms with Crippen LogP contribution in [0.2, 0.25) is 0 Å². The molecule has 0 amide bonds. The van der Waals surface area contributed by atoms with Crippen molar-refractivity contribution in [2.45, 2.75) is 45.2 Å². The summed E-state index contributed by atoms with van der Waals surface area (Å²) in [5.41, 5.74) is 0. The molecule has 0 bridgehead atoms. The van der Waals surface area contributed by atoms with Crippen LogP contribution in [0, 0.1) is 0 Å². The van der Waals surface area contributed by atoms with Crippen molar-refractivity contribution in [3.63, 3.8) is 0 Å². The average Bonchev–Trinajstić information content (AvgIpc) is 2.08. The number of hydrogen-bond donors (Lipinski definition) is 0. The Morgan fingerprint density at radius 3 is 2.43 bits per heavy atom. The van der Waals surface area contributed by atoms with Crippen molar-refractivity contribution in [2.75, 3.05) is 12.9 Å². The summed E-state index contributed by atoms with van der Waals surface area (Å²) in [6, 6.07) is 0. The van der Waals surface area contributed by atoms with Gasteiger partial charge in [-0.3, -0.25) is 4.18 Å². The van der Waals surface area contributed by atoms with Crippen LogP contribution in [-0.2, 0) is 14.3 Å². The van der Waals surface area contributed by atoms with E-state index in [2.05, 4.69) is 11.1 Å². The third kappa shape index (κ3) is 9.92. The fourth-order valence-corrected chi connectivity index (χ4v) is 1.47. The van der Waals surface area contributed by atoms with Gasteiger partial charge in [0.15, 0.2) is 0 Å². The van der Waals surface area contributed by atoms with Crippen LogP contribution in [0.4, 0.5) is 4.39 Å². The molecule has 0 aliphatic heterocycles. The lowest BCUT2D eigenvalue weighted by atomic mass is 10.1. The summed E-state index contributed by atoms with van der Waals surface area (Å²) < 4.78 is 38.4. The summed E-state index contributed by atoms with van der Waals surface area (Å²) in [6.07, 6.45) is 4.14. The van der Waals surface area contributed by atoms with Crippen molar-refractivity contribution >= 4 is 10.1 Å². The zero-order valence-electron chi connectivity index (χ0n) is 8.83. The monoisotopic (exact) mass is 226 g/mol. The molecule has 0 aliphatic carbocycles. The van der Waals surface area contributed by atoms with E-state index in [1.165, 1.54) is 0 Å². The third-order valence-electron chi connectivity index (χ3n) is 1.83. The van der Waals surface area contributed by atoms with Gasteiger partial charge in [0.1, 0.15) is 6.17 Å². The minimum atomic E-state index is -3.49. The lowest BCUT2D eigenvalue weighted by Gasteiger charge is -2.06. The van der Waals surface area contributed by atoms with E-state index in [1.807, 2.05) is 0 Å². The summed E-state index contributed by atoms with van der Waals surface area (Å²) in [4.78, 5) is 0. The molecule has 0 saturated carbocycles. The second kappa shape index (κ2) is 7.17. The van der Waals surface area contributed by atoms with Crippen LogP contribution < -0.4 is 0 Å². The molecule has 0 spiro atoms. The van der Waals surface area contributed by atoms with E-state index in [1.54, 1.807) is 0 Å². The molecule has 0 radical (unpaired) electrons. The summed E-state index contributed by atoms with van der Waals surface area (Å²) in [7, 11) is -3.49. The fraction of sp³-hybridized carbons (Fsp3) is 1.00. The van der Waals surface area contributed by atoms with Gasteiger partial charge in [0.25, 0.3) is 10.1 Å². The van der Waals surface area contributed by atoms with Gasteiger partial charge in [0.2, 0.25) is 0 Å². The van der Waals surface area contributed by atoms with E-state index >= 15 is 0 Å². The maximum atomic E-state index is 13.0. The van der Waals surface area contributed by atoms with Crippen LogP contribution >= 0.6 is 0 Å². The van der Waals surface area contributed by atoms with E-state index in [0.29, 0.717) is 6.42 Å². The molecule has 0 aliphatic rings. The quantitative estimate of drug-likeness (QED) is 0.471. The Bertz CT molecular complexity index is 226. The summed E-state index contributed by atoms with van der Waals surface area (Å²) >= 11 is 0. The average molecular weight is 226 g/mol. The van der Waals surface area contributed by atoms with Gasteiger partial charge in [-0.05, 0) is 6.42 Å². The first-order valence-electron chi connectivity index (χ1n) is 4.94. The standard InChI is InChI=1S/C9H19FO3S/c1-3-4-5-6-7-9(10)8-13-14(2,11)12/h9H,3-8H2,1-2H3. The zero-order chi connectivity index (χ0) is 11.0. The second-order valence-electron chi connectivity index (χ2n) is 3.44. The smallest absolute Gasteiger partial charge is 0.264 e. The van der Waals surface area contributed by atoms with Gasteiger partial charge in [-0.2, -0.15) is 8.42 Å². The molecule has 0 N–H and O–H groups in total. The van der Waals surface area contributed by atoms with E-state index < -0.39 is 16.3 Å². The normalized spacial score (nSPS) is 14.2. The van der Waals surface area contributed by atoms with Crippen LogP contribution in [-0.4, -0.2) is 27.5 Å². The molecule has 0 saturated heterocycles. The Hall–Kier alpha value is -0.160. The first kappa shape index (κ1) is 13.8. The van der Waals surface area contributed by atoms with E-state index in [4.69, 9.17) is 0 Å². The molecule has 5 heteroatoms. The van der Waals surface area contributed by atoms with Gasteiger partial charge in [-0.1, -0.05) is 32.6 Å². The number of unbranched alkanes of at least 4 members (excludes halogenated alkanes) is 3. The van der Waals surface area contributed by atoms with E-state index in [9.17, 15) is 12.8 Å². The SMILES string of the molecule is CCCCCCC(F)COS(C)(=O)=O. The molecule has 3 nitrogen and oxygen atoms in total. The third-order valence-corrected chi connectivity index (χ3v) is 2.40. The molecule has 1 atom stereocenters. The van der Waals surface area contributed by atoms with Crippen molar-refractivity contribution < 1.29 is 17.0 Å². The minimum absolute atomic E-state index is 0.342. The van der Waals surface area contributed by atoms with E-state index in [0.717, 1.165) is 31.9 Å². The Morgan fingerprint density at radius 2 is 1.93 bits per heavy atom. The van der Waals surface area contributed by atoms with Crippen LogP contribution in [0.3, 0.4) is 0 Å². The molecule has 0 rings (SSSR count). The predicted octanol–water partition coefficient (Wildman–Crippen LogP) is 2.27. The van der Waals surface area contributed by atoms with Crippen molar-refractivity contribution in [1.82, 2.24) is 0 Å². The molecule has 14 heavy (non-hydrogen) atoms. The van der Waals surface area contributed by atoms with E-state index in [-0.39, 0.29) is 6.61 Å². The summed E-state index contributed by atoms with van der Waals surface area (Å²) in [5, 5.41) is 0. The number of hydrogen-bond acceptors (Lipinski definition) is 3. The number of halogens is 1. The van der Waals surface area contributed by atoms with Crippen LogP contribution in [0.25, 0.3) is 0 Å². The molecule has 86 valence electrons. The van der Waals surface area contributed by atoms with Gasteiger partial charge in [0.05, 0.1) is 12.9 Å². The van der Waals surface area contributed by atoms with Crippen LogP contribution in [0.5, 0.6) is 0 Å². The molecular weight excluding hydrogens is 207 g/mol. The van der Waals surface area contributed by atoms with Gasteiger partial charge in [-0.25, -0.2) is 4.39 Å². The van der Waals surface area contributed by atoms with Crippen molar-refractivity contribution in [3.8, 4) is 0 Å². The Balaban J connectivity index is 3.42. The highest BCUT2D eigenvalue weighted by molar-refractivity contribution is 7.85. The second-order valence-corrected chi connectivity index (χ2v) is 5.08. The molecule has 0 fully saturated rings. The minimum Gasteiger partial charge on any atom is -0.267 e. The predicted molar refractivity (Wildman–Crippen MR) is 54.5 cm³/mol. The van der Waals surface area contributed by atoms with Crippen molar-refractivity contribution in [1.29, 1.82) is 0 Å². The lowest BCUT2D eigenvalue weighted by molar-refractivity contribution is 0.189.